The Morgan fingerprint density at radius 2 is 1.76 bits per heavy atom. The van der Waals surface area contributed by atoms with Gasteiger partial charge in [-0.2, -0.15) is 0 Å². The summed E-state index contributed by atoms with van der Waals surface area (Å²) in [7, 11) is 0. The van der Waals surface area contributed by atoms with E-state index in [0.717, 1.165) is 12.8 Å². The number of nitrogens with one attached hydrogen (secondary N) is 1. The summed E-state index contributed by atoms with van der Waals surface area (Å²) >= 11 is 0. The third kappa shape index (κ3) is 4.94. The Bertz CT molecular complexity index is 236. The average Bonchev–Trinajstić information content (AvgIpc) is 2.25. The van der Waals surface area contributed by atoms with Crippen LogP contribution in [0.3, 0.4) is 0 Å². The first-order chi connectivity index (χ1) is 8.00. The molecule has 1 aliphatic carbocycles. The van der Waals surface area contributed by atoms with Gasteiger partial charge in [0.15, 0.2) is 0 Å². The molecule has 0 aromatic heterocycles. The van der Waals surface area contributed by atoms with Crippen molar-refractivity contribution in [3.8, 4) is 0 Å². The summed E-state index contributed by atoms with van der Waals surface area (Å²) in [5, 5.41) is 4.64. The topological polar surface area (TPSA) is 41.6 Å². The fourth-order valence-electron chi connectivity index (χ4n) is 2.29. The molecule has 1 aliphatic rings. The third-order valence-corrected chi connectivity index (χ3v) is 3.04. The van der Waals surface area contributed by atoms with Gasteiger partial charge >= 0.3 is 6.09 Å². The zero-order valence-corrected chi connectivity index (χ0v) is 11.5. The number of hydrogen-bond acceptors (Lipinski definition) is 3. The van der Waals surface area contributed by atoms with E-state index in [0.29, 0.717) is 6.04 Å². The summed E-state index contributed by atoms with van der Waals surface area (Å²) in [6, 6.07) is 0.737. The van der Waals surface area contributed by atoms with E-state index >= 15 is 0 Å². The second kappa shape index (κ2) is 6.84. The van der Waals surface area contributed by atoms with Crippen molar-refractivity contribution in [3.05, 3.63) is 0 Å². The number of rotatable bonds is 4. The Labute approximate surface area is 105 Å². The van der Waals surface area contributed by atoms with E-state index in [1.54, 1.807) is 0 Å². The Balaban J connectivity index is 2.50. The highest BCUT2D eigenvalue weighted by Crippen LogP contribution is 2.24. The van der Waals surface area contributed by atoms with Crippen LogP contribution < -0.4 is 5.32 Å². The third-order valence-electron chi connectivity index (χ3n) is 3.04. The van der Waals surface area contributed by atoms with Crippen LogP contribution >= 0.6 is 0 Å². The van der Waals surface area contributed by atoms with Gasteiger partial charge in [0.2, 0.25) is 0 Å². The van der Waals surface area contributed by atoms with E-state index in [9.17, 15) is 4.79 Å². The van der Waals surface area contributed by atoms with Crippen molar-refractivity contribution in [1.29, 1.82) is 0 Å². The Kier molecular flexibility index (Phi) is 5.75. The lowest BCUT2D eigenvalue weighted by Crippen LogP contribution is -2.46. The van der Waals surface area contributed by atoms with Crippen LogP contribution in [-0.4, -0.2) is 29.3 Å². The van der Waals surface area contributed by atoms with Gasteiger partial charge in [0.05, 0.1) is 0 Å². The number of carbonyl (C=O) groups is 1. The molecule has 1 N–H and O–H groups in total. The summed E-state index contributed by atoms with van der Waals surface area (Å²) in [6.07, 6.45) is 5.71. The van der Waals surface area contributed by atoms with Gasteiger partial charge in [0, 0.05) is 18.1 Å². The molecular weight excluding hydrogens is 216 g/mol. The van der Waals surface area contributed by atoms with E-state index in [4.69, 9.17) is 4.84 Å². The molecule has 0 heterocycles. The molecule has 0 radical (unpaired) electrons. The molecule has 1 fully saturated rings. The fourth-order valence-corrected chi connectivity index (χ4v) is 2.29. The normalized spacial score (nSPS) is 17.8. The summed E-state index contributed by atoms with van der Waals surface area (Å²) in [5.74, 6) is 0. The number of nitrogens with zero attached hydrogens (tertiary/aromatic N) is 1. The molecule has 17 heavy (non-hydrogen) atoms. The molecule has 4 heteroatoms. The molecule has 0 unspecified atom stereocenters. The molecular formula is C13H26N2O2. The molecule has 1 amide bonds. The summed E-state index contributed by atoms with van der Waals surface area (Å²) in [5.41, 5.74) is 0. The van der Waals surface area contributed by atoms with Gasteiger partial charge in [-0.3, -0.25) is 0 Å². The second-order valence-corrected chi connectivity index (χ2v) is 5.42. The van der Waals surface area contributed by atoms with Crippen LogP contribution in [0, 0.1) is 0 Å². The number of hydroxylamine groups is 2. The van der Waals surface area contributed by atoms with Gasteiger partial charge in [0.25, 0.3) is 0 Å². The zero-order chi connectivity index (χ0) is 12.8. The summed E-state index contributed by atoms with van der Waals surface area (Å²) < 4.78 is 0. The fraction of sp³-hybridized carbons (Fsp3) is 0.923. The van der Waals surface area contributed by atoms with Crippen molar-refractivity contribution in [2.24, 2.45) is 0 Å². The minimum atomic E-state index is -0.334. The summed E-state index contributed by atoms with van der Waals surface area (Å²) in [6.45, 7) is 8.00. The lowest BCUT2D eigenvalue weighted by Gasteiger charge is -2.35. The molecule has 0 atom stereocenters. The highest BCUT2D eigenvalue weighted by Gasteiger charge is 2.26. The van der Waals surface area contributed by atoms with Crippen LogP contribution in [0.5, 0.6) is 0 Å². The predicted molar refractivity (Wildman–Crippen MR) is 68.6 cm³/mol. The summed E-state index contributed by atoms with van der Waals surface area (Å²) in [4.78, 5) is 17.1. The maximum atomic E-state index is 11.6. The Hall–Kier alpha value is -0.770. The van der Waals surface area contributed by atoms with Gasteiger partial charge < -0.3 is 10.2 Å². The monoisotopic (exact) mass is 242 g/mol. The molecule has 0 saturated heterocycles. The van der Waals surface area contributed by atoms with Gasteiger partial charge in [-0.25, -0.2) is 4.79 Å². The van der Waals surface area contributed by atoms with Crippen molar-refractivity contribution in [2.75, 3.05) is 0 Å². The van der Waals surface area contributed by atoms with E-state index in [-0.39, 0.29) is 18.2 Å². The molecule has 1 saturated carbocycles. The molecule has 0 aliphatic heterocycles. The molecule has 100 valence electrons. The number of carbonyl (C=O) groups excluding carboxylic acids is 1. The van der Waals surface area contributed by atoms with Crippen molar-refractivity contribution < 1.29 is 9.63 Å². The minimum Gasteiger partial charge on any atom is -0.350 e. The maximum absolute atomic E-state index is 11.6. The lowest BCUT2D eigenvalue weighted by molar-refractivity contribution is -0.160. The standard InChI is InChI=1S/C13H26N2O2/c1-10(2)14-13(16)17-15(11(3)4)12-8-6-5-7-9-12/h10-12H,5-9H2,1-4H3,(H,14,16). The van der Waals surface area contributed by atoms with E-state index in [1.807, 2.05) is 18.9 Å². The Morgan fingerprint density at radius 1 is 1.18 bits per heavy atom. The van der Waals surface area contributed by atoms with Gasteiger partial charge in [-0.05, 0) is 40.5 Å². The smallest absolute Gasteiger partial charge is 0.350 e. The van der Waals surface area contributed by atoms with Crippen molar-refractivity contribution in [1.82, 2.24) is 10.4 Å². The number of amides is 1. The van der Waals surface area contributed by atoms with E-state index in [2.05, 4.69) is 19.2 Å². The molecule has 0 aromatic rings. The predicted octanol–water partition coefficient (Wildman–Crippen LogP) is 3.08. The minimum absolute atomic E-state index is 0.114. The zero-order valence-electron chi connectivity index (χ0n) is 11.5. The molecule has 0 spiro atoms. The van der Waals surface area contributed by atoms with Crippen molar-refractivity contribution in [2.45, 2.75) is 77.9 Å². The molecule has 4 nitrogen and oxygen atoms in total. The first-order valence-electron chi connectivity index (χ1n) is 6.77. The Morgan fingerprint density at radius 3 is 2.24 bits per heavy atom. The molecule has 1 rings (SSSR count). The van der Waals surface area contributed by atoms with Crippen molar-refractivity contribution >= 4 is 6.09 Å². The van der Waals surface area contributed by atoms with Gasteiger partial charge in [-0.15, -0.1) is 5.06 Å². The SMILES string of the molecule is CC(C)NC(=O)ON(C(C)C)C1CCCCC1. The van der Waals surface area contributed by atoms with Crippen LogP contribution in [0.1, 0.15) is 59.8 Å². The van der Waals surface area contributed by atoms with Crippen molar-refractivity contribution in [3.63, 3.8) is 0 Å². The number of hydrogen-bond donors (Lipinski definition) is 1. The van der Waals surface area contributed by atoms with E-state index < -0.39 is 0 Å². The first-order valence-corrected chi connectivity index (χ1v) is 6.77. The van der Waals surface area contributed by atoms with Gasteiger partial charge in [0.1, 0.15) is 0 Å². The molecule has 0 aromatic carbocycles. The first kappa shape index (κ1) is 14.3. The average molecular weight is 242 g/mol. The van der Waals surface area contributed by atoms with Crippen LogP contribution in [0.25, 0.3) is 0 Å². The maximum Gasteiger partial charge on any atom is 0.426 e. The highest BCUT2D eigenvalue weighted by atomic mass is 16.7. The van der Waals surface area contributed by atoms with E-state index in [1.165, 1.54) is 19.3 Å². The highest BCUT2D eigenvalue weighted by molar-refractivity contribution is 5.67. The van der Waals surface area contributed by atoms with Crippen LogP contribution in [-0.2, 0) is 4.84 Å². The quantitative estimate of drug-likeness (QED) is 0.770. The lowest BCUT2D eigenvalue weighted by atomic mass is 9.95. The van der Waals surface area contributed by atoms with Crippen LogP contribution in [0.4, 0.5) is 4.79 Å². The largest absolute Gasteiger partial charge is 0.426 e. The molecule has 0 bridgehead atoms. The second-order valence-electron chi connectivity index (χ2n) is 5.42. The van der Waals surface area contributed by atoms with Crippen LogP contribution in [0.15, 0.2) is 0 Å². The van der Waals surface area contributed by atoms with Gasteiger partial charge in [-0.1, -0.05) is 19.3 Å². The van der Waals surface area contributed by atoms with Crippen LogP contribution in [0.2, 0.25) is 0 Å².